The van der Waals surface area contributed by atoms with Crippen molar-refractivity contribution < 1.29 is 9.59 Å². The average molecular weight is 348 g/mol. The molecule has 1 unspecified atom stereocenters. The van der Waals surface area contributed by atoms with Crippen LogP contribution < -0.4 is 0 Å². The van der Waals surface area contributed by atoms with Gasteiger partial charge in [0.2, 0.25) is 5.78 Å². The van der Waals surface area contributed by atoms with E-state index in [9.17, 15) is 9.59 Å². The van der Waals surface area contributed by atoms with Crippen molar-refractivity contribution in [1.82, 2.24) is 9.80 Å². The minimum absolute atomic E-state index is 0.0660. The lowest BCUT2D eigenvalue weighted by Gasteiger charge is -2.44. The van der Waals surface area contributed by atoms with Crippen LogP contribution in [0.4, 0.5) is 0 Å². The molecular weight excluding hydrogens is 324 g/mol. The Kier molecular flexibility index (Phi) is 4.70. The maximum Gasteiger partial charge on any atom is 0.213 e. The van der Waals surface area contributed by atoms with Crippen molar-refractivity contribution in [3.8, 4) is 0 Å². The number of ketones is 1. The van der Waals surface area contributed by atoms with Gasteiger partial charge in [0.1, 0.15) is 0 Å². The average Bonchev–Trinajstić information content (AvgIpc) is 3.51. The van der Waals surface area contributed by atoms with Gasteiger partial charge in [-0.3, -0.25) is 19.4 Å². The molecule has 0 aromatic heterocycles. The van der Waals surface area contributed by atoms with E-state index in [1.54, 1.807) is 0 Å². The number of piperazine rings is 1. The predicted molar refractivity (Wildman–Crippen MR) is 101 cm³/mol. The van der Waals surface area contributed by atoms with Gasteiger partial charge in [-0.25, -0.2) is 0 Å². The third kappa shape index (κ3) is 3.22. The molecule has 1 atom stereocenters. The van der Waals surface area contributed by atoms with Crippen molar-refractivity contribution in [1.29, 1.82) is 0 Å². The van der Waals surface area contributed by atoms with Gasteiger partial charge < -0.3 is 0 Å². The first-order valence-electron chi connectivity index (χ1n) is 9.30. The van der Waals surface area contributed by atoms with E-state index in [1.807, 2.05) is 24.3 Å². The van der Waals surface area contributed by atoms with Crippen LogP contribution in [0.15, 0.2) is 60.7 Å². The van der Waals surface area contributed by atoms with Crippen LogP contribution in [0.2, 0.25) is 0 Å². The van der Waals surface area contributed by atoms with Gasteiger partial charge in [-0.2, -0.15) is 0 Å². The Morgan fingerprint density at radius 3 is 2.27 bits per heavy atom. The Labute approximate surface area is 154 Å². The quantitative estimate of drug-likeness (QED) is 0.594. The molecule has 2 aromatic rings. The first kappa shape index (κ1) is 17.1. The van der Waals surface area contributed by atoms with Gasteiger partial charge in [-0.1, -0.05) is 60.7 Å². The second-order valence-electron chi connectivity index (χ2n) is 7.35. The van der Waals surface area contributed by atoms with Gasteiger partial charge in [0.25, 0.3) is 0 Å². The van der Waals surface area contributed by atoms with Gasteiger partial charge in [0.05, 0.1) is 6.04 Å². The molecule has 4 heteroatoms. The zero-order valence-electron chi connectivity index (χ0n) is 14.9. The van der Waals surface area contributed by atoms with Crippen LogP contribution in [0.1, 0.15) is 24.0 Å². The Morgan fingerprint density at radius 1 is 1.00 bits per heavy atom. The van der Waals surface area contributed by atoms with E-state index in [0.717, 1.165) is 32.5 Å². The molecule has 0 amide bonds. The zero-order valence-corrected chi connectivity index (χ0v) is 14.9. The number of rotatable bonds is 6. The van der Waals surface area contributed by atoms with Crippen molar-refractivity contribution in [2.75, 3.05) is 19.6 Å². The number of nitrogens with zero attached hydrogens (tertiary/aromatic N) is 2. The van der Waals surface area contributed by atoms with Crippen LogP contribution in [0.25, 0.3) is 0 Å². The molecule has 0 N–H and O–H groups in total. The third-order valence-electron chi connectivity index (χ3n) is 5.74. The molecule has 1 aliphatic heterocycles. The second kappa shape index (κ2) is 7.14. The molecule has 134 valence electrons. The van der Waals surface area contributed by atoms with Crippen molar-refractivity contribution in [3.05, 3.63) is 71.8 Å². The molecular formula is C22H24N2O2. The summed E-state index contributed by atoms with van der Waals surface area (Å²) in [6.07, 6.45) is 2.61. The van der Waals surface area contributed by atoms with Crippen LogP contribution in [-0.2, 0) is 21.7 Å². The number of carbonyl (C=O) groups excluding carboxylic acids is 2. The molecule has 2 aliphatic rings. The maximum atomic E-state index is 12.4. The Balaban J connectivity index is 1.55. The molecule has 0 spiro atoms. The highest BCUT2D eigenvalue weighted by Crippen LogP contribution is 2.52. The van der Waals surface area contributed by atoms with Crippen molar-refractivity contribution in [2.45, 2.75) is 31.0 Å². The monoisotopic (exact) mass is 348 g/mol. The molecule has 4 nitrogen and oxygen atoms in total. The molecule has 2 aromatic carbocycles. The minimum Gasteiger partial charge on any atom is -0.296 e. The lowest BCUT2D eigenvalue weighted by molar-refractivity contribution is -0.136. The summed E-state index contributed by atoms with van der Waals surface area (Å²) in [7, 11) is 0. The molecule has 4 rings (SSSR count). The lowest BCUT2D eigenvalue weighted by atomic mass is 9.97. The summed E-state index contributed by atoms with van der Waals surface area (Å²) in [4.78, 5) is 28.3. The number of Topliss-reactive ketones (excluding diaryl/α,β-unsaturated/α-hetero) is 1. The van der Waals surface area contributed by atoms with E-state index in [-0.39, 0.29) is 17.4 Å². The van der Waals surface area contributed by atoms with Crippen LogP contribution in [0.3, 0.4) is 0 Å². The fourth-order valence-electron chi connectivity index (χ4n) is 4.27. The first-order chi connectivity index (χ1) is 12.7. The summed E-state index contributed by atoms with van der Waals surface area (Å²) >= 11 is 0. The van der Waals surface area contributed by atoms with E-state index < -0.39 is 0 Å². The van der Waals surface area contributed by atoms with E-state index in [4.69, 9.17) is 0 Å². The van der Waals surface area contributed by atoms with Gasteiger partial charge in [0.15, 0.2) is 6.29 Å². The largest absolute Gasteiger partial charge is 0.296 e. The summed E-state index contributed by atoms with van der Waals surface area (Å²) in [5.74, 6) is -0.301. The summed E-state index contributed by atoms with van der Waals surface area (Å²) < 4.78 is 0. The van der Waals surface area contributed by atoms with E-state index in [2.05, 4.69) is 46.2 Å². The molecule has 0 radical (unpaired) electrons. The molecule has 26 heavy (non-hydrogen) atoms. The van der Waals surface area contributed by atoms with Crippen LogP contribution in [0, 0.1) is 0 Å². The summed E-state index contributed by atoms with van der Waals surface area (Å²) in [6, 6.07) is 20.4. The fourth-order valence-corrected chi connectivity index (χ4v) is 4.27. The molecule has 1 heterocycles. The van der Waals surface area contributed by atoms with Gasteiger partial charge >= 0.3 is 0 Å². The molecule has 1 saturated carbocycles. The van der Waals surface area contributed by atoms with Crippen molar-refractivity contribution in [3.63, 3.8) is 0 Å². The Bertz CT molecular complexity index is 771. The topological polar surface area (TPSA) is 40.6 Å². The first-order valence-corrected chi connectivity index (χ1v) is 9.30. The van der Waals surface area contributed by atoms with Gasteiger partial charge in [-0.15, -0.1) is 0 Å². The van der Waals surface area contributed by atoms with Gasteiger partial charge in [0, 0.05) is 31.7 Å². The number of aldehydes is 1. The zero-order chi connectivity index (χ0) is 18.0. The predicted octanol–water partition coefficient (Wildman–Crippen LogP) is 2.63. The van der Waals surface area contributed by atoms with E-state index in [1.165, 1.54) is 11.1 Å². The number of benzene rings is 2. The number of hydrogen-bond donors (Lipinski definition) is 0. The molecule has 1 aliphatic carbocycles. The highest BCUT2D eigenvalue weighted by atomic mass is 16.2. The smallest absolute Gasteiger partial charge is 0.213 e. The van der Waals surface area contributed by atoms with Crippen molar-refractivity contribution >= 4 is 12.1 Å². The number of hydrogen-bond acceptors (Lipinski definition) is 4. The molecule has 1 saturated heterocycles. The summed E-state index contributed by atoms with van der Waals surface area (Å²) in [5.41, 5.74) is 2.44. The SMILES string of the molecule is O=CC(=O)C1CN(Cc2ccccc2)CCN1C1(c2ccccc2)CC1. The highest BCUT2D eigenvalue weighted by molar-refractivity contribution is 6.27. The highest BCUT2D eigenvalue weighted by Gasteiger charge is 2.53. The van der Waals surface area contributed by atoms with Crippen LogP contribution in [-0.4, -0.2) is 47.5 Å². The second-order valence-corrected chi connectivity index (χ2v) is 7.35. The van der Waals surface area contributed by atoms with Crippen molar-refractivity contribution in [2.24, 2.45) is 0 Å². The fraction of sp³-hybridized carbons (Fsp3) is 0.364. The number of carbonyl (C=O) groups is 2. The van der Waals surface area contributed by atoms with Crippen LogP contribution in [0.5, 0.6) is 0 Å². The molecule has 2 fully saturated rings. The van der Waals surface area contributed by atoms with Gasteiger partial charge in [-0.05, 0) is 24.0 Å². The Morgan fingerprint density at radius 2 is 1.65 bits per heavy atom. The summed E-state index contributed by atoms with van der Waals surface area (Å²) in [6.45, 7) is 3.15. The van der Waals surface area contributed by atoms with E-state index >= 15 is 0 Å². The van der Waals surface area contributed by atoms with Crippen LogP contribution >= 0.6 is 0 Å². The summed E-state index contributed by atoms with van der Waals surface area (Å²) in [5, 5.41) is 0. The normalized spacial score (nSPS) is 22.7. The lowest BCUT2D eigenvalue weighted by Crippen LogP contribution is -2.59. The maximum absolute atomic E-state index is 12.4. The molecule has 0 bridgehead atoms. The minimum atomic E-state index is -0.354. The van der Waals surface area contributed by atoms with E-state index in [0.29, 0.717) is 12.8 Å². The standard InChI is InChI=1S/C22H24N2O2/c25-17-21(26)20-16-23(15-18-7-3-1-4-8-18)13-14-24(20)22(11-12-22)19-9-5-2-6-10-19/h1-10,17,20H,11-16H2. The Hall–Kier alpha value is -2.30. The third-order valence-corrected chi connectivity index (χ3v) is 5.74.